The molecule has 1 heterocycles. The SMILES string of the molecule is CCNC(CSCC)Cc1ccn(C(C)C)n1. The van der Waals surface area contributed by atoms with E-state index in [-0.39, 0.29) is 0 Å². The molecule has 0 aliphatic carbocycles. The third kappa shape index (κ3) is 5.13. The smallest absolute Gasteiger partial charge is 0.0640 e. The molecular formula is C13H25N3S. The highest BCUT2D eigenvalue weighted by Gasteiger charge is 2.10. The van der Waals surface area contributed by atoms with Crippen molar-refractivity contribution in [1.82, 2.24) is 15.1 Å². The Morgan fingerprint density at radius 3 is 2.71 bits per heavy atom. The van der Waals surface area contributed by atoms with Gasteiger partial charge in [-0.2, -0.15) is 16.9 Å². The maximum Gasteiger partial charge on any atom is 0.0640 e. The second-order valence-corrected chi connectivity index (χ2v) is 5.82. The topological polar surface area (TPSA) is 29.9 Å². The third-order valence-corrected chi connectivity index (χ3v) is 3.71. The van der Waals surface area contributed by atoms with Crippen molar-refractivity contribution in [2.75, 3.05) is 18.1 Å². The van der Waals surface area contributed by atoms with Crippen LogP contribution in [0.2, 0.25) is 0 Å². The molecule has 0 amide bonds. The van der Waals surface area contributed by atoms with Gasteiger partial charge in [-0.3, -0.25) is 4.68 Å². The highest BCUT2D eigenvalue weighted by atomic mass is 32.2. The summed E-state index contributed by atoms with van der Waals surface area (Å²) in [4.78, 5) is 0. The second-order valence-electron chi connectivity index (χ2n) is 4.50. The molecule has 0 fully saturated rings. The van der Waals surface area contributed by atoms with Gasteiger partial charge >= 0.3 is 0 Å². The molecule has 0 bridgehead atoms. The molecule has 0 spiro atoms. The van der Waals surface area contributed by atoms with E-state index in [9.17, 15) is 0 Å². The summed E-state index contributed by atoms with van der Waals surface area (Å²) in [5.74, 6) is 2.35. The van der Waals surface area contributed by atoms with Crippen molar-refractivity contribution in [1.29, 1.82) is 0 Å². The number of hydrogen-bond acceptors (Lipinski definition) is 3. The molecule has 0 radical (unpaired) electrons. The highest BCUT2D eigenvalue weighted by Crippen LogP contribution is 2.09. The van der Waals surface area contributed by atoms with E-state index >= 15 is 0 Å². The summed E-state index contributed by atoms with van der Waals surface area (Å²) in [6, 6.07) is 3.13. The van der Waals surface area contributed by atoms with Crippen LogP contribution in [0.3, 0.4) is 0 Å². The quantitative estimate of drug-likeness (QED) is 0.774. The number of hydrogen-bond donors (Lipinski definition) is 1. The van der Waals surface area contributed by atoms with Crippen molar-refractivity contribution in [3.05, 3.63) is 18.0 Å². The fourth-order valence-corrected chi connectivity index (χ4v) is 2.52. The van der Waals surface area contributed by atoms with E-state index in [1.165, 1.54) is 17.2 Å². The summed E-state index contributed by atoms with van der Waals surface area (Å²) in [6.07, 6.45) is 3.11. The molecule has 17 heavy (non-hydrogen) atoms. The lowest BCUT2D eigenvalue weighted by Gasteiger charge is -2.16. The van der Waals surface area contributed by atoms with Crippen LogP contribution in [-0.2, 0) is 6.42 Å². The molecule has 0 aliphatic rings. The van der Waals surface area contributed by atoms with Crippen LogP contribution in [0.5, 0.6) is 0 Å². The Labute approximate surface area is 109 Å². The zero-order chi connectivity index (χ0) is 12.7. The third-order valence-electron chi connectivity index (χ3n) is 2.66. The fourth-order valence-electron chi connectivity index (χ4n) is 1.77. The van der Waals surface area contributed by atoms with E-state index in [1.807, 2.05) is 16.4 Å². The van der Waals surface area contributed by atoms with Crippen LogP contribution in [0.4, 0.5) is 0 Å². The first-order valence-electron chi connectivity index (χ1n) is 6.52. The van der Waals surface area contributed by atoms with Crippen molar-refractivity contribution in [3.63, 3.8) is 0 Å². The molecular weight excluding hydrogens is 230 g/mol. The first kappa shape index (κ1) is 14.6. The van der Waals surface area contributed by atoms with Crippen molar-refractivity contribution in [3.8, 4) is 0 Å². The zero-order valence-electron chi connectivity index (χ0n) is 11.4. The maximum absolute atomic E-state index is 4.61. The molecule has 1 N–H and O–H groups in total. The van der Waals surface area contributed by atoms with Gasteiger partial charge < -0.3 is 5.32 Å². The van der Waals surface area contributed by atoms with Crippen LogP contribution in [-0.4, -0.2) is 33.9 Å². The minimum Gasteiger partial charge on any atom is -0.313 e. The van der Waals surface area contributed by atoms with Gasteiger partial charge in [0, 0.05) is 30.5 Å². The van der Waals surface area contributed by atoms with E-state index in [4.69, 9.17) is 0 Å². The number of nitrogens with one attached hydrogen (secondary N) is 1. The standard InChI is InChI=1S/C13H25N3S/c1-5-14-13(10-17-6-2)9-12-7-8-16(15-12)11(3)4/h7-8,11,13-14H,5-6,9-10H2,1-4H3. The van der Waals surface area contributed by atoms with Gasteiger partial charge in [0.05, 0.1) is 5.69 Å². The van der Waals surface area contributed by atoms with Crippen LogP contribution in [0.15, 0.2) is 12.3 Å². The summed E-state index contributed by atoms with van der Waals surface area (Å²) in [5.41, 5.74) is 1.20. The normalized spacial score (nSPS) is 13.2. The predicted molar refractivity (Wildman–Crippen MR) is 76.8 cm³/mol. The molecule has 98 valence electrons. The first-order valence-corrected chi connectivity index (χ1v) is 7.68. The lowest BCUT2D eigenvalue weighted by Crippen LogP contribution is -2.33. The summed E-state index contributed by atoms with van der Waals surface area (Å²) in [7, 11) is 0. The van der Waals surface area contributed by atoms with Crippen molar-refractivity contribution >= 4 is 11.8 Å². The Hall–Kier alpha value is -0.480. The maximum atomic E-state index is 4.61. The molecule has 1 aromatic rings. The van der Waals surface area contributed by atoms with E-state index in [0.29, 0.717) is 12.1 Å². The average molecular weight is 255 g/mol. The number of thioether (sulfide) groups is 1. The van der Waals surface area contributed by atoms with Crippen LogP contribution < -0.4 is 5.32 Å². The van der Waals surface area contributed by atoms with Crippen LogP contribution in [0.25, 0.3) is 0 Å². The fraction of sp³-hybridized carbons (Fsp3) is 0.769. The van der Waals surface area contributed by atoms with Gasteiger partial charge in [-0.05, 0) is 32.2 Å². The summed E-state index contributed by atoms with van der Waals surface area (Å²) >= 11 is 1.99. The number of aromatic nitrogens is 2. The van der Waals surface area contributed by atoms with Gasteiger partial charge in [0.1, 0.15) is 0 Å². The summed E-state index contributed by atoms with van der Waals surface area (Å²) in [6.45, 7) is 9.72. The van der Waals surface area contributed by atoms with E-state index in [1.54, 1.807) is 0 Å². The van der Waals surface area contributed by atoms with Crippen LogP contribution in [0.1, 0.15) is 39.4 Å². The molecule has 0 aromatic carbocycles. The number of likely N-dealkylation sites (N-methyl/N-ethyl adjacent to an activating group) is 1. The van der Waals surface area contributed by atoms with Gasteiger partial charge in [-0.25, -0.2) is 0 Å². The average Bonchev–Trinajstić information content (AvgIpc) is 2.75. The summed E-state index contributed by atoms with van der Waals surface area (Å²) in [5, 5.41) is 8.14. The molecule has 1 atom stereocenters. The molecule has 0 saturated heterocycles. The Kier molecular flexibility index (Phi) is 6.66. The van der Waals surface area contributed by atoms with Gasteiger partial charge in [-0.15, -0.1) is 0 Å². The Bertz CT molecular complexity index is 309. The number of rotatable bonds is 8. The van der Waals surface area contributed by atoms with Gasteiger partial charge in [0.15, 0.2) is 0 Å². The molecule has 1 aromatic heterocycles. The Morgan fingerprint density at radius 2 is 2.18 bits per heavy atom. The van der Waals surface area contributed by atoms with Crippen LogP contribution >= 0.6 is 11.8 Å². The monoisotopic (exact) mass is 255 g/mol. The molecule has 0 saturated carbocycles. The Morgan fingerprint density at radius 1 is 1.41 bits per heavy atom. The minimum atomic E-state index is 0.450. The van der Waals surface area contributed by atoms with E-state index in [0.717, 1.165) is 13.0 Å². The van der Waals surface area contributed by atoms with Crippen molar-refractivity contribution in [2.45, 2.75) is 46.2 Å². The molecule has 3 nitrogen and oxygen atoms in total. The number of nitrogens with zero attached hydrogens (tertiary/aromatic N) is 2. The van der Waals surface area contributed by atoms with Gasteiger partial charge in [0.2, 0.25) is 0 Å². The summed E-state index contributed by atoms with van der Waals surface area (Å²) < 4.78 is 2.03. The van der Waals surface area contributed by atoms with Crippen molar-refractivity contribution in [2.24, 2.45) is 0 Å². The molecule has 0 aliphatic heterocycles. The van der Waals surface area contributed by atoms with Gasteiger partial charge in [0.25, 0.3) is 0 Å². The van der Waals surface area contributed by atoms with Crippen LogP contribution in [0, 0.1) is 0 Å². The Balaban J connectivity index is 2.52. The molecule has 1 unspecified atom stereocenters. The minimum absolute atomic E-state index is 0.450. The lowest BCUT2D eigenvalue weighted by molar-refractivity contribution is 0.513. The predicted octanol–water partition coefficient (Wildman–Crippen LogP) is 2.74. The highest BCUT2D eigenvalue weighted by molar-refractivity contribution is 7.99. The van der Waals surface area contributed by atoms with Gasteiger partial charge in [-0.1, -0.05) is 13.8 Å². The first-order chi connectivity index (χ1) is 8.17. The molecule has 1 rings (SSSR count). The largest absolute Gasteiger partial charge is 0.313 e. The van der Waals surface area contributed by atoms with E-state index < -0.39 is 0 Å². The second kappa shape index (κ2) is 7.77. The molecule has 4 heteroatoms. The lowest BCUT2D eigenvalue weighted by atomic mass is 10.2. The zero-order valence-corrected chi connectivity index (χ0v) is 12.3. The van der Waals surface area contributed by atoms with E-state index in [2.05, 4.69) is 50.4 Å². The van der Waals surface area contributed by atoms with Crippen molar-refractivity contribution < 1.29 is 0 Å².